The summed E-state index contributed by atoms with van der Waals surface area (Å²) in [5.74, 6) is 1.14. The van der Waals surface area contributed by atoms with Gasteiger partial charge in [0.1, 0.15) is 5.75 Å². The second kappa shape index (κ2) is 9.85. The molecule has 3 rings (SSSR count). The fourth-order valence-electron chi connectivity index (χ4n) is 3.18. The molecule has 28 heavy (non-hydrogen) atoms. The molecule has 0 aromatic heterocycles. The van der Waals surface area contributed by atoms with E-state index in [0.717, 1.165) is 16.2 Å². The number of carbonyl (C=O) groups excluding carboxylic acids is 1. The van der Waals surface area contributed by atoms with Gasteiger partial charge >= 0.3 is 5.97 Å². The van der Waals surface area contributed by atoms with Gasteiger partial charge in [-0.3, -0.25) is 9.00 Å². The van der Waals surface area contributed by atoms with E-state index < -0.39 is 10.8 Å². The van der Waals surface area contributed by atoms with Gasteiger partial charge in [-0.05, 0) is 43.2 Å². The summed E-state index contributed by atoms with van der Waals surface area (Å²) in [6.07, 6.45) is 1.04. The van der Waals surface area contributed by atoms with Crippen molar-refractivity contribution in [2.45, 2.75) is 30.1 Å². The van der Waals surface area contributed by atoms with Crippen molar-refractivity contribution in [1.82, 2.24) is 0 Å². The lowest BCUT2D eigenvalue weighted by molar-refractivity contribution is -0.151. The minimum Gasteiger partial charge on any atom is -0.494 e. The first-order valence-electron chi connectivity index (χ1n) is 9.53. The summed E-state index contributed by atoms with van der Waals surface area (Å²) in [5, 5.41) is 0. The summed E-state index contributed by atoms with van der Waals surface area (Å²) in [4.78, 5) is 12.7. The van der Waals surface area contributed by atoms with Crippen LogP contribution >= 0.6 is 0 Å². The summed E-state index contributed by atoms with van der Waals surface area (Å²) in [7, 11) is -0.996. The Kier molecular flexibility index (Phi) is 7.23. The number of ether oxygens (including phenoxy) is 3. The number of esters is 1. The quantitative estimate of drug-likeness (QED) is 0.450. The van der Waals surface area contributed by atoms with Gasteiger partial charge in [-0.25, -0.2) is 0 Å². The lowest BCUT2D eigenvalue weighted by Crippen LogP contribution is -2.48. The Morgan fingerprint density at radius 3 is 2.43 bits per heavy atom. The SMILES string of the molecule is CCOC(=O)CC1(c2ccc(OCCCS(=O)c3ccccc3)cc2)COC1. The summed E-state index contributed by atoms with van der Waals surface area (Å²) >= 11 is 0. The van der Waals surface area contributed by atoms with Crippen LogP contribution in [0.4, 0.5) is 0 Å². The van der Waals surface area contributed by atoms with E-state index in [1.54, 1.807) is 0 Å². The van der Waals surface area contributed by atoms with Crippen LogP contribution < -0.4 is 4.74 Å². The molecule has 1 fully saturated rings. The van der Waals surface area contributed by atoms with Crippen molar-refractivity contribution in [3.8, 4) is 5.75 Å². The Bertz CT molecular complexity index is 784. The Hall–Kier alpha value is -2.18. The first-order chi connectivity index (χ1) is 13.6. The van der Waals surface area contributed by atoms with E-state index in [2.05, 4.69) is 0 Å². The molecule has 2 aromatic rings. The molecule has 1 atom stereocenters. The first kappa shape index (κ1) is 20.6. The molecule has 1 saturated heterocycles. The molecule has 0 spiro atoms. The minimum atomic E-state index is -0.996. The number of carbonyl (C=O) groups is 1. The average Bonchev–Trinajstić information content (AvgIpc) is 2.69. The monoisotopic (exact) mass is 402 g/mol. The van der Waals surface area contributed by atoms with E-state index in [4.69, 9.17) is 14.2 Å². The lowest BCUT2D eigenvalue weighted by Gasteiger charge is -2.41. The predicted octanol–water partition coefficient (Wildman–Crippen LogP) is 3.48. The van der Waals surface area contributed by atoms with Crippen molar-refractivity contribution >= 4 is 16.8 Å². The highest BCUT2D eigenvalue weighted by molar-refractivity contribution is 7.85. The third kappa shape index (κ3) is 5.20. The van der Waals surface area contributed by atoms with Crippen molar-refractivity contribution in [1.29, 1.82) is 0 Å². The third-order valence-electron chi connectivity index (χ3n) is 4.76. The number of rotatable bonds is 10. The van der Waals surface area contributed by atoms with E-state index in [1.807, 2.05) is 61.5 Å². The summed E-state index contributed by atoms with van der Waals surface area (Å²) < 4.78 is 28.4. The fraction of sp³-hybridized carbons (Fsp3) is 0.409. The Morgan fingerprint density at radius 2 is 1.82 bits per heavy atom. The van der Waals surface area contributed by atoms with Crippen molar-refractivity contribution in [3.05, 3.63) is 60.2 Å². The highest BCUT2D eigenvalue weighted by Gasteiger charge is 2.42. The van der Waals surface area contributed by atoms with Crippen LogP contribution in [0.2, 0.25) is 0 Å². The van der Waals surface area contributed by atoms with Gasteiger partial charge in [-0.15, -0.1) is 0 Å². The van der Waals surface area contributed by atoms with Crippen LogP contribution in [-0.2, 0) is 30.5 Å². The van der Waals surface area contributed by atoms with Gasteiger partial charge in [-0.1, -0.05) is 30.3 Å². The molecule has 5 nitrogen and oxygen atoms in total. The van der Waals surface area contributed by atoms with Crippen molar-refractivity contribution < 1.29 is 23.2 Å². The van der Waals surface area contributed by atoms with Crippen molar-refractivity contribution in [2.24, 2.45) is 0 Å². The average molecular weight is 403 g/mol. The molecule has 1 aliphatic heterocycles. The van der Waals surface area contributed by atoms with Crippen LogP contribution in [0.1, 0.15) is 25.3 Å². The smallest absolute Gasteiger partial charge is 0.306 e. The molecule has 0 aliphatic carbocycles. The van der Waals surface area contributed by atoms with Crippen molar-refractivity contribution in [3.63, 3.8) is 0 Å². The first-order valence-corrected chi connectivity index (χ1v) is 10.8. The van der Waals surface area contributed by atoms with E-state index in [-0.39, 0.29) is 11.4 Å². The summed E-state index contributed by atoms with van der Waals surface area (Å²) in [6, 6.07) is 17.3. The van der Waals surface area contributed by atoms with Gasteiger partial charge in [0, 0.05) is 10.6 Å². The standard InChI is InChI=1S/C22H26O5S/c1-2-26-21(23)15-22(16-25-17-22)18-9-11-19(12-10-18)27-13-6-14-28(24)20-7-4-3-5-8-20/h3-5,7-12H,2,6,13-17H2,1H3. The van der Waals surface area contributed by atoms with Crippen LogP contribution in [0.25, 0.3) is 0 Å². The molecule has 150 valence electrons. The molecular formula is C22H26O5S. The second-order valence-corrected chi connectivity index (χ2v) is 8.41. The summed E-state index contributed by atoms with van der Waals surface area (Å²) in [6.45, 7) is 3.75. The van der Waals surface area contributed by atoms with Gasteiger partial charge in [0.05, 0.1) is 49.1 Å². The molecule has 1 heterocycles. The maximum atomic E-state index is 12.2. The second-order valence-electron chi connectivity index (χ2n) is 6.84. The minimum absolute atomic E-state index is 0.197. The third-order valence-corrected chi connectivity index (χ3v) is 6.22. The van der Waals surface area contributed by atoms with E-state index in [0.29, 0.717) is 45.0 Å². The zero-order valence-corrected chi connectivity index (χ0v) is 16.9. The fourth-order valence-corrected chi connectivity index (χ4v) is 4.26. The topological polar surface area (TPSA) is 61.8 Å². The molecule has 0 N–H and O–H groups in total. The number of hydrogen-bond donors (Lipinski definition) is 0. The Labute approximate surface area is 168 Å². The van der Waals surface area contributed by atoms with E-state index in [9.17, 15) is 9.00 Å². The molecule has 0 bridgehead atoms. The maximum absolute atomic E-state index is 12.2. The van der Waals surface area contributed by atoms with Crippen LogP contribution in [0.3, 0.4) is 0 Å². The van der Waals surface area contributed by atoms with Crippen molar-refractivity contribution in [2.75, 3.05) is 32.2 Å². The van der Waals surface area contributed by atoms with Gasteiger partial charge < -0.3 is 14.2 Å². The zero-order chi connectivity index (χ0) is 19.8. The Morgan fingerprint density at radius 1 is 1.11 bits per heavy atom. The lowest BCUT2D eigenvalue weighted by atomic mass is 9.76. The molecular weight excluding hydrogens is 376 g/mol. The van der Waals surface area contributed by atoms with Crippen LogP contribution in [-0.4, -0.2) is 42.4 Å². The molecule has 0 saturated carbocycles. The maximum Gasteiger partial charge on any atom is 0.306 e. The highest BCUT2D eigenvalue weighted by atomic mass is 32.2. The predicted molar refractivity (Wildman–Crippen MR) is 108 cm³/mol. The molecule has 1 aliphatic rings. The van der Waals surface area contributed by atoms with E-state index >= 15 is 0 Å². The summed E-state index contributed by atoms with van der Waals surface area (Å²) in [5.41, 5.74) is 0.765. The highest BCUT2D eigenvalue weighted by Crippen LogP contribution is 2.36. The van der Waals surface area contributed by atoms with Gasteiger partial charge in [0.15, 0.2) is 0 Å². The number of hydrogen-bond acceptors (Lipinski definition) is 5. The van der Waals surface area contributed by atoms with Gasteiger partial charge in [0.2, 0.25) is 0 Å². The number of benzene rings is 2. The van der Waals surface area contributed by atoms with E-state index in [1.165, 1.54) is 0 Å². The largest absolute Gasteiger partial charge is 0.494 e. The molecule has 6 heteroatoms. The Balaban J connectivity index is 1.48. The molecule has 1 unspecified atom stereocenters. The molecule has 0 radical (unpaired) electrons. The normalized spacial score (nSPS) is 16.0. The molecule has 2 aromatic carbocycles. The van der Waals surface area contributed by atoms with Crippen LogP contribution in [0, 0.1) is 0 Å². The molecule has 0 amide bonds. The zero-order valence-electron chi connectivity index (χ0n) is 16.1. The van der Waals surface area contributed by atoms with Gasteiger partial charge in [-0.2, -0.15) is 0 Å². The van der Waals surface area contributed by atoms with Crippen LogP contribution in [0.15, 0.2) is 59.5 Å². The van der Waals surface area contributed by atoms with Crippen LogP contribution in [0.5, 0.6) is 5.75 Å². The van der Waals surface area contributed by atoms with Gasteiger partial charge in [0.25, 0.3) is 0 Å².